The second-order valence-electron chi connectivity index (χ2n) is 5.21. The van der Waals surface area contributed by atoms with Gasteiger partial charge in [-0.05, 0) is 25.0 Å². The van der Waals surface area contributed by atoms with Gasteiger partial charge in [0.2, 0.25) is 0 Å². The van der Waals surface area contributed by atoms with Crippen LogP contribution in [0.2, 0.25) is 0 Å². The first kappa shape index (κ1) is 15.0. The van der Waals surface area contributed by atoms with E-state index in [1.165, 1.54) is 19.3 Å². The molecular formula is C16H16N4O3. The summed E-state index contributed by atoms with van der Waals surface area (Å²) in [6.07, 6.45) is 2.58. The van der Waals surface area contributed by atoms with Crippen LogP contribution < -0.4 is 10.6 Å². The summed E-state index contributed by atoms with van der Waals surface area (Å²) in [5.74, 6) is -1.06. The molecule has 118 valence electrons. The van der Waals surface area contributed by atoms with Crippen molar-refractivity contribution < 1.29 is 14.3 Å². The van der Waals surface area contributed by atoms with Gasteiger partial charge in [0, 0.05) is 24.6 Å². The minimum absolute atomic E-state index is 0.0244. The van der Waals surface area contributed by atoms with Crippen molar-refractivity contribution in [1.82, 2.24) is 9.97 Å². The van der Waals surface area contributed by atoms with E-state index in [9.17, 15) is 9.59 Å². The third-order valence-electron chi connectivity index (χ3n) is 3.70. The molecule has 7 heteroatoms. The molecule has 0 bridgehead atoms. The van der Waals surface area contributed by atoms with Gasteiger partial charge in [-0.15, -0.1) is 0 Å². The summed E-state index contributed by atoms with van der Waals surface area (Å²) < 4.78 is 5.19. The summed E-state index contributed by atoms with van der Waals surface area (Å²) in [5.41, 5.74) is 7.47. The smallest absolute Gasteiger partial charge is 0.361 e. The van der Waals surface area contributed by atoms with Gasteiger partial charge in [-0.25, -0.2) is 14.8 Å². The molecule has 1 aliphatic heterocycles. The second kappa shape index (κ2) is 6.04. The van der Waals surface area contributed by atoms with Crippen LogP contribution in [-0.4, -0.2) is 34.5 Å². The lowest BCUT2D eigenvalue weighted by atomic mass is 10.2. The molecule has 0 saturated carbocycles. The van der Waals surface area contributed by atoms with E-state index >= 15 is 0 Å². The molecule has 0 fully saturated rings. The summed E-state index contributed by atoms with van der Waals surface area (Å²) >= 11 is 0. The average molecular weight is 312 g/mol. The van der Waals surface area contributed by atoms with Crippen LogP contribution in [0.1, 0.15) is 23.0 Å². The largest absolute Gasteiger partial charge is 0.448 e. The predicted octanol–water partition coefficient (Wildman–Crippen LogP) is 1.19. The number of carbonyl (C=O) groups is 2. The van der Waals surface area contributed by atoms with E-state index in [1.807, 2.05) is 24.3 Å². The molecule has 1 aromatic heterocycles. The van der Waals surface area contributed by atoms with Crippen molar-refractivity contribution in [3.63, 3.8) is 0 Å². The van der Waals surface area contributed by atoms with Crippen molar-refractivity contribution in [2.75, 3.05) is 17.2 Å². The Morgan fingerprint density at radius 1 is 1.26 bits per heavy atom. The summed E-state index contributed by atoms with van der Waals surface area (Å²) in [7, 11) is 0. The number of nitrogen functional groups attached to an aromatic ring is 1. The molecule has 0 radical (unpaired) electrons. The van der Waals surface area contributed by atoms with Crippen molar-refractivity contribution >= 4 is 23.4 Å². The fourth-order valence-corrected chi connectivity index (χ4v) is 2.56. The molecule has 2 heterocycles. The van der Waals surface area contributed by atoms with E-state index in [1.54, 1.807) is 4.90 Å². The topological polar surface area (TPSA) is 98.4 Å². The fraction of sp³-hybridized carbons (Fsp3) is 0.250. The number of fused-ring (bicyclic) bond motifs is 1. The third kappa shape index (κ3) is 2.85. The molecule has 2 aromatic rings. The highest BCUT2D eigenvalue weighted by Gasteiger charge is 2.30. The van der Waals surface area contributed by atoms with Gasteiger partial charge in [0.1, 0.15) is 0 Å². The molecule has 1 atom stereocenters. The van der Waals surface area contributed by atoms with Crippen LogP contribution in [0.4, 0.5) is 11.5 Å². The number of hydrogen-bond donors (Lipinski definition) is 1. The van der Waals surface area contributed by atoms with Crippen LogP contribution in [0.25, 0.3) is 0 Å². The maximum atomic E-state index is 12.5. The van der Waals surface area contributed by atoms with Crippen molar-refractivity contribution in [2.24, 2.45) is 0 Å². The molecule has 7 nitrogen and oxygen atoms in total. The van der Waals surface area contributed by atoms with Gasteiger partial charge in [0.05, 0.1) is 0 Å². The number of para-hydroxylation sites is 1. The number of nitrogens with two attached hydrogens (primary N) is 1. The summed E-state index contributed by atoms with van der Waals surface area (Å²) in [6.45, 7) is 2.11. The van der Waals surface area contributed by atoms with Crippen LogP contribution in [0.5, 0.6) is 0 Å². The van der Waals surface area contributed by atoms with Gasteiger partial charge < -0.3 is 15.4 Å². The van der Waals surface area contributed by atoms with Crippen LogP contribution in [-0.2, 0) is 16.0 Å². The van der Waals surface area contributed by atoms with E-state index < -0.39 is 12.1 Å². The maximum Gasteiger partial charge on any atom is 0.361 e. The molecule has 1 aliphatic rings. The lowest BCUT2D eigenvalue weighted by molar-refractivity contribution is -0.126. The lowest BCUT2D eigenvalue weighted by Crippen LogP contribution is -2.39. The zero-order chi connectivity index (χ0) is 16.4. The molecule has 0 aliphatic carbocycles. The molecule has 0 spiro atoms. The minimum Gasteiger partial charge on any atom is -0.448 e. The highest BCUT2D eigenvalue weighted by molar-refractivity contribution is 6.00. The molecule has 0 saturated heterocycles. The highest BCUT2D eigenvalue weighted by atomic mass is 16.5. The average Bonchev–Trinajstić information content (AvgIpc) is 2.98. The first-order chi connectivity index (χ1) is 11.1. The molecule has 2 N–H and O–H groups in total. The Labute approximate surface area is 133 Å². The number of aromatic nitrogens is 2. The van der Waals surface area contributed by atoms with Gasteiger partial charge in [0.25, 0.3) is 5.91 Å². The lowest BCUT2D eigenvalue weighted by Gasteiger charge is -2.21. The molecule has 1 amide bonds. The van der Waals surface area contributed by atoms with Gasteiger partial charge in [-0.3, -0.25) is 4.79 Å². The molecular weight excluding hydrogens is 296 g/mol. The van der Waals surface area contributed by atoms with E-state index in [4.69, 9.17) is 10.5 Å². The number of carbonyl (C=O) groups excluding carboxylic acids is 2. The van der Waals surface area contributed by atoms with E-state index in [0.29, 0.717) is 6.54 Å². The summed E-state index contributed by atoms with van der Waals surface area (Å²) in [6, 6.07) is 7.68. The van der Waals surface area contributed by atoms with Crippen molar-refractivity contribution in [1.29, 1.82) is 0 Å². The van der Waals surface area contributed by atoms with Crippen molar-refractivity contribution in [2.45, 2.75) is 19.4 Å². The Morgan fingerprint density at radius 2 is 2.00 bits per heavy atom. The summed E-state index contributed by atoms with van der Waals surface area (Å²) in [4.78, 5) is 33.9. The van der Waals surface area contributed by atoms with Gasteiger partial charge in [-0.2, -0.15) is 0 Å². The molecule has 0 unspecified atom stereocenters. The normalized spacial score (nSPS) is 14.2. The number of nitrogens with zero attached hydrogens (tertiary/aromatic N) is 3. The number of ether oxygens (including phenoxy) is 1. The van der Waals surface area contributed by atoms with Crippen LogP contribution in [0, 0.1) is 0 Å². The van der Waals surface area contributed by atoms with E-state index in [-0.39, 0.29) is 17.4 Å². The van der Waals surface area contributed by atoms with E-state index in [0.717, 1.165) is 17.7 Å². The summed E-state index contributed by atoms with van der Waals surface area (Å²) in [5, 5.41) is 0. The third-order valence-corrected chi connectivity index (χ3v) is 3.70. The van der Waals surface area contributed by atoms with Crippen LogP contribution in [0.3, 0.4) is 0 Å². The van der Waals surface area contributed by atoms with Crippen LogP contribution in [0.15, 0.2) is 36.7 Å². The molecule has 3 rings (SSSR count). The first-order valence-electron chi connectivity index (χ1n) is 7.24. The Bertz CT molecular complexity index is 762. The van der Waals surface area contributed by atoms with Crippen molar-refractivity contribution in [3.8, 4) is 0 Å². The van der Waals surface area contributed by atoms with Gasteiger partial charge in [0.15, 0.2) is 17.6 Å². The monoisotopic (exact) mass is 312 g/mol. The number of hydrogen-bond acceptors (Lipinski definition) is 6. The molecule has 23 heavy (non-hydrogen) atoms. The Kier molecular flexibility index (Phi) is 3.92. The standard InChI is InChI=1S/C16H16N4O3/c1-10(23-16(22)13-14(17)19-8-7-18-13)15(21)20-9-6-11-4-2-3-5-12(11)20/h2-5,7-8,10H,6,9H2,1H3,(H2,17,19)/t10-/m0/s1. The maximum absolute atomic E-state index is 12.5. The SMILES string of the molecule is C[C@H](OC(=O)c1nccnc1N)C(=O)N1CCc2ccccc21. The number of benzene rings is 1. The van der Waals surface area contributed by atoms with Crippen molar-refractivity contribution in [3.05, 3.63) is 47.9 Å². The van der Waals surface area contributed by atoms with E-state index in [2.05, 4.69) is 9.97 Å². The first-order valence-corrected chi connectivity index (χ1v) is 7.24. The van der Waals surface area contributed by atoms with Crippen LogP contribution >= 0.6 is 0 Å². The Balaban J connectivity index is 1.72. The van der Waals surface area contributed by atoms with Gasteiger partial charge in [-0.1, -0.05) is 18.2 Å². The fourth-order valence-electron chi connectivity index (χ4n) is 2.56. The Hall–Kier alpha value is -2.96. The quantitative estimate of drug-likeness (QED) is 0.855. The highest BCUT2D eigenvalue weighted by Crippen LogP contribution is 2.28. The predicted molar refractivity (Wildman–Crippen MR) is 83.8 cm³/mol. The second-order valence-corrected chi connectivity index (χ2v) is 5.21. The van der Waals surface area contributed by atoms with Gasteiger partial charge >= 0.3 is 5.97 Å². The number of esters is 1. The zero-order valence-corrected chi connectivity index (χ0v) is 12.6. The zero-order valence-electron chi connectivity index (χ0n) is 12.6. The number of anilines is 2. The number of rotatable bonds is 3. The Morgan fingerprint density at radius 3 is 2.78 bits per heavy atom. The minimum atomic E-state index is -0.935. The number of amides is 1. The molecule has 1 aromatic carbocycles.